The number of likely N-dealkylation sites (tertiary alicyclic amines) is 1. The van der Waals surface area contributed by atoms with Crippen LogP contribution in [0, 0.1) is 5.92 Å². The number of thiophene rings is 1. The normalized spacial score (nSPS) is 17.4. The highest BCUT2D eigenvalue weighted by Gasteiger charge is 2.23. The Morgan fingerprint density at radius 1 is 1.19 bits per heavy atom. The fraction of sp³-hybridized carbons (Fsp3) is 0.429. The second-order valence-corrected chi connectivity index (χ2v) is 7.95. The second kappa shape index (κ2) is 8.60. The molecule has 0 N–H and O–H groups in total. The van der Waals surface area contributed by atoms with Crippen LogP contribution in [0.25, 0.3) is 0 Å². The molecular formula is C21H25NO3S. The molecule has 0 bridgehead atoms. The number of hydrogen-bond acceptors (Lipinski definition) is 5. The molecule has 4 nitrogen and oxygen atoms in total. The zero-order chi connectivity index (χ0) is 18.5. The number of esters is 1. The van der Waals surface area contributed by atoms with Crippen molar-refractivity contribution in [3.63, 3.8) is 0 Å². The molecule has 1 aliphatic rings. The Hall–Kier alpha value is -1.98. The van der Waals surface area contributed by atoms with Gasteiger partial charge in [-0.25, -0.2) is 0 Å². The summed E-state index contributed by atoms with van der Waals surface area (Å²) in [6, 6.07) is 10.3. The van der Waals surface area contributed by atoms with E-state index in [1.54, 1.807) is 18.3 Å². The Bertz CT molecular complexity index is 766. The third-order valence-corrected chi connectivity index (χ3v) is 5.98. The third-order valence-electron chi connectivity index (χ3n) is 4.90. The average Bonchev–Trinajstić information content (AvgIpc) is 3.26. The number of ketones is 1. The van der Waals surface area contributed by atoms with Gasteiger partial charge in [-0.2, -0.15) is 0 Å². The van der Waals surface area contributed by atoms with Crippen molar-refractivity contribution in [2.24, 2.45) is 5.92 Å². The fourth-order valence-corrected chi connectivity index (χ4v) is 4.30. The first-order valence-electron chi connectivity index (χ1n) is 8.99. The maximum Gasteiger partial charge on any atom is 0.309 e. The predicted octanol–water partition coefficient (Wildman–Crippen LogP) is 3.73. The Balaban J connectivity index is 1.49. The lowest BCUT2D eigenvalue weighted by Crippen LogP contribution is -2.20. The van der Waals surface area contributed by atoms with Gasteiger partial charge in [0.2, 0.25) is 0 Å². The van der Waals surface area contributed by atoms with Crippen LogP contribution in [0.4, 0.5) is 0 Å². The van der Waals surface area contributed by atoms with Gasteiger partial charge in [-0.1, -0.05) is 24.3 Å². The molecule has 26 heavy (non-hydrogen) atoms. The van der Waals surface area contributed by atoms with Crippen LogP contribution < -0.4 is 0 Å². The van der Waals surface area contributed by atoms with Crippen LogP contribution in [-0.2, 0) is 28.9 Å². The minimum atomic E-state index is -0.203. The molecule has 1 aromatic heterocycles. The Morgan fingerprint density at radius 2 is 1.92 bits per heavy atom. The zero-order valence-corrected chi connectivity index (χ0v) is 16.2. The molecule has 2 aromatic rings. The molecule has 3 rings (SSSR count). The standard InChI is InChI=1S/C21H25NO3S/c1-15(23)20-10-19(14-26-20)13-22-8-7-18(12-22)9-16-3-5-17(6-4-16)11-21(24)25-2/h3-6,10,14,18H,7-9,11-13H2,1-2H3. The molecular weight excluding hydrogens is 346 g/mol. The van der Waals surface area contributed by atoms with E-state index >= 15 is 0 Å². The largest absolute Gasteiger partial charge is 0.469 e. The first-order valence-corrected chi connectivity index (χ1v) is 9.87. The smallest absolute Gasteiger partial charge is 0.309 e. The van der Waals surface area contributed by atoms with Gasteiger partial charge in [-0.3, -0.25) is 14.5 Å². The lowest BCUT2D eigenvalue weighted by Gasteiger charge is -2.15. The van der Waals surface area contributed by atoms with Crippen LogP contribution >= 0.6 is 11.3 Å². The Labute approximate surface area is 158 Å². The first-order chi connectivity index (χ1) is 12.5. The second-order valence-electron chi connectivity index (χ2n) is 7.04. The van der Waals surface area contributed by atoms with Crippen LogP contribution in [0.15, 0.2) is 35.7 Å². The fourth-order valence-electron chi connectivity index (χ4n) is 3.49. The SMILES string of the molecule is COC(=O)Cc1ccc(CC2CCN(Cc3csc(C(C)=O)c3)C2)cc1. The monoisotopic (exact) mass is 371 g/mol. The van der Waals surface area contributed by atoms with E-state index in [0.717, 1.165) is 36.5 Å². The number of ether oxygens (including phenoxy) is 1. The summed E-state index contributed by atoms with van der Waals surface area (Å²) in [6.45, 7) is 4.75. The van der Waals surface area contributed by atoms with E-state index in [1.807, 2.05) is 18.2 Å². The number of carbonyl (C=O) groups excluding carboxylic acids is 2. The van der Waals surface area contributed by atoms with Gasteiger partial charge in [0.25, 0.3) is 0 Å². The van der Waals surface area contributed by atoms with Gasteiger partial charge in [-0.05, 0) is 60.4 Å². The van der Waals surface area contributed by atoms with Crippen molar-refractivity contribution < 1.29 is 14.3 Å². The summed E-state index contributed by atoms with van der Waals surface area (Å²) in [5, 5.41) is 2.10. The van der Waals surface area contributed by atoms with Crippen molar-refractivity contribution in [1.29, 1.82) is 0 Å². The van der Waals surface area contributed by atoms with Gasteiger partial charge >= 0.3 is 5.97 Å². The predicted molar refractivity (Wildman–Crippen MR) is 104 cm³/mol. The van der Waals surface area contributed by atoms with E-state index in [1.165, 1.54) is 24.7 Å². The molecule has 5 heteroatoms. The van der Waals surface area contributed by atoms with Gasteiger partial charge in [0.15, 0.2) is 5.78 Å². The number of rotatable bonds is 7. The lowest BCUT2D eigenvalue weighted by atomic mass is 9.97. The molecule has 0 radical (unpaired) electrons. The van der Waals surface area contributed by atoms with E-state index in [9.17, 15) is 9.59 Å². The molecule has 138 valence electrons. The third kappa shape index (κ3) is 5.02. The van der Waals surface area contributed by atoms with Crippen LogP contribution in [0.1, 0.15) is 39.7 Å². The quantitative estimate of drug-likeness (QED) is 0.550. The number of benzene rings is 1. The van der Waals surface area contributed by atoms with E-state index < -0.39 is 0 Å². The van der Waals surface area contributed by atoms with E-state index in [4.69, 9.17) is 4.74 Å². The molecule has 1 saturated heterocycles. The van der Waals surface area contributed by atoms with Crippen molar-refractivity contribution >= 4 is 23.1 Å². The maximum absolute atomic E-state index is 11.4. The average molecular weight is 372 g/mol. The van der Waals surface area contributed by atoms with Crippen molar-refractivity contribution in [2.45, 2.75) is 32.7 Å². The Morgan fingerprint density at radius 3 is 2.58 bits per heavy atom. The summed E-state index contributed by atoms with van der Waals surface area (Å²) in [5.41, 5.74) is 3.56. The minimum absolute atomic E-state index is 0.149. The highest BCUT2D eigenvalue weighted by molar-refractivity contribution is 7.12. The minimum Gasteiger partial charge on any atom is -0.469 e. The van der Waals surface area contributed by atoms with Crippen molar-refractivity contribution in [2.75, 3.05) is 20.2 Å². The summed E-state index contributed by atoms with van der Waals surface area (Å²) in [6.07, 6.45) is 2.60. The molecule has 0 saturated carbocycles. The van der Waals surface area contributed by atoms with Gasteiger partial charge < -0.3 is 4.74 Å². The molecule has 0 spiro atoms. The highest BCUT2D eigenvalue weighted by Crippen LogP contribution is 2.24. The van der Waals surface area contributed by atoms with E-state index in [2.05, 4.69) is 22.4 Å². The summed E-state index contributed by atoms with van der Waals surface area (Å²) >= 11 is 1.54. The number of Topliss-reactive ketones (excluding diaryl/α,β-unsaturated/α-hetero) is 1. The first kappa shape index (κ1) is 18.8. The summed E-state index contributed by atoms with van der Waals surface area (Å²) < 4.78 is 4.70. The number of nitrogens with zero attached hydrogens (tertiary/aromatic N) is 1. The molecule has 0 amide bonds. The number of methoxy groups -OCH3 is 1. The molecule has 0 aliphatic carbocycles. The lowest BCUT2D eigenvalue weighted by molar-refractivity contribution is -0.139. The summed E-state index contributed by atoms with van der Waals surface area (Å²) in [7, 11) is 1.42. The van der Waals surface area contributed by atoms with Crippen LogP contribution in [0.3, 0.4) is 0 Å². The zero-order valence-electron chi connectivity index (χ0n) is 15.4. The van der Waals surface area contributed by atoms with Gasteiger partial charge in [0, 0.05) is 13.1 Å². The van der Waals surface area contributed by atoms with E-state index in [0.29, 0.717) is 12.3 Å². The maximum atomic E-state index is 11.4. The van der Waals surface area contributed by atoms with E-state index in [-0.39, 0.29) is 11.8 Å². The van der Waals surface area contributed by atoms with Crippen LogP contribution in [-0.4, -0.2) is 36.9 Å². The van der Waals surface area contributed by atoms with Crippen LogP contribution in [0.2, 0.25) is 0 Å². The van der Waals surface area contributed by atoms with Gasteiger partial charge in [0.05, 0.1) is 18.4 Å². The molecule has 1 unspecified atom stereocenters. The molecule has 1 aromatic carbocycles. The van der Waals surface area contributed by atoms with Gasteiger partial charge in [0.1, 0.15) is 0 Å². The summed E-state index contributed by atoms with van der Waals surface area (Å²) in [5.74, 6) is 0.606. The molecule has 1 fully saturated rings. The molecule has 2 heterocycles. The molecule has 1 aliphatic heterocycles. The topological polar surface area (TPSA) is 46.6 Å². The van der Waals surface area contributed by atoms with Gasteiger partial charge in [-0.15, -0.1) is 11.3 Å². The highest BCUT2D eigenvalue weighted by atomic mass is 32.1. The number of hydrogen-bond donors (Lipinski definition) is 0. The van der Waals surface area contributed by atoms with Crippen LogP contribution in [0.5, 0.6) is 0 Å². The summed E-state index contributed by atoms with van der Waals surface area (Å²) in [4.78, 5) is 26.1. The van der Waals surface area contributed by atoms with Crippen molar-refractivity contribution in [3.8, 4) is 0 Å². The Kier molecular flexibility index (Phi) is 6.22. The van der Waals surface area contributed by atoms with Crippen molar-refractivity contribution in [3.05, 3.63) is 57.3 Å². The van der Waals surface area contributed by atoms with Crippen molar-refractivity contribution in [1.82, 2.24) is 4.90 Å². The number of carbonyl (C=O) groups is 2. The molecule has 1 atom stereocenters.